The van der Waals surface area contributed by atoms with E-state index in [1.54, 1.807) is 18.1 Å². The maximum atomic E-state index is 4.24. The van der Waals surface area contributed by atoms with Gasteiger partial charge in [0.2, 0.25) is 0 Å². The predicted molar refractivity (Wildman–Crippen MR) is 70.1 cm³/mol. The van der Waals surface area contributed by atoms with Crippen LogP contribution in [0.1, 0.15) is 13.8 Å². The lowest BCUT2D eigenvalue weighted by Crippen LogP contribution is -2.15. The van der Waals surface area contributed by atoms with Gasteiger partial charge < -0.3 is 10.2 Å². The summed E-state index contributed by atoms with van der Waals surface area (Å²) in [5.41, 5.74) is 0. The normalized spacial score (nSPS) is 11.1. The highest BCUT2D eigenvalue weighted by atomic mass is 32.2. The average molecular weight is 240 g/mol. The van der Waals surface area contributed by atoms with Gasteiger partial charge in [-0.05, 0) is 27.9 Å². The van der Waals surface area contributed by atoms with E-state index < -0.39 is 0 Å². The van der Waals surface area contributed by atoms with Gasteiger partial charge in [-0.2, -0.15) is 0 Å². The van der Waals surface area contributed by atoms with Crippen LogP contribution >= 0.6 is 11.8 Å². The molecule has 0 radical (unpaired) electrons. The molecular formula is C11H20N4S. The Morgan fingerprint density at radius 2 is 2.12 bits per heavy atom. The summed E-state index contributed by atoms with van der Waals surface area (Å²) in [5.74, 6) is 1.95. The summed E-state index contributed by atoms with van der Waals surface area (Å²) in [5, 5.41) is 4.30. The van der Waals surface area contributed by atoms with Gasteiger partial charge in [0, 0.05) is 24.4 Å². The van der Waals surface area contributed by atoms with E-state index >= 15 is 0 Å². The van der Waals surface area contributed by atoms with E-state index in [2.05, 4.69) is 48.1 Å². The third-order valence-corrected chi connectivity index (χ3v) is 2.77. The second-order valence-electron chi connectivity index (χ2n) is 4.19. The first-order valence-electron chi connectivity index (χ1n) is 5.44. The molecule has 0 aliphatic heterocycles. The molecule has 0 bridgehead atoms. The van der Waals surface area contributed by atoms with Gasteiger partial charge in [0.25, 0.3) is 0 Å². The lowest BCUT2D eigenvalue weighted by molar-refractivity contribution is 0.437. The second-order valence-corrected chi connectivity index (χ2v) is 5.31. The standard InChI is InChI=1S/C11H20N4S/c1-9(2)14-10-7-11(13-8-12-10)16-6-5-15(3)4/h7-9H,5-6H2,1-4H3,(H,12,13,14). The zero-order chi connectivity index (χ0) is 12.0. The van der Waals surface area contributed by atoms with E-state index in [4.69, 9.17) is 0 Å². The smallest absolute Gasteiger partial charge is 0.130 e. The van der Waals surface area contributed by atoms with Crippen LogP contribution in [0.5, 0.6) is 0 Å². The summed E-state index contributed by atoms with van der Waals surface area (Å²) in [6.07, 6.45) is 1.61. The van der Waals surface area contributed by atoms with Gasteiger partial charge in [-0.15, -0.1) is 11.8 Å². The molecule has 1 rings (SSSR count). The fraction of sp³-hybridized carbons (Fsp3) is 0.636. The minimum atomic E-state index is 0.398. The van der Waals surface area contributed by atoms with Crippen molar-refractivity contribution in [1.82, 2.24) is 14.9 Å². The Hall–Kier alpha value is -0.810. The van der Waals surface area contributed by atoms with Crippen molar-refractivity contribution in [2.45, 2.75) is 24.9 Å². The summed E-state index contributed by atoms with van der Waals surface area (Å²) in [4.78, 5) is 10.6. The molecule has 1 aromatic heterocycles. The molecule has 0 fully saturated rings. The third kappa shape index (κ3) is 5.32. The largest absolute Gasteiger partial charge is 0.368 e. The first-order chi connectivity index (χ1) is 7.58. The van der Waals surface area contributed by atoms with Crippen molar-refractivity contribution in [3.63, 3.8) is 0 Å². The number of nitrogens with one attached hydrogen (secondary N) is 1. The van der Waals surface area contributed by atoms with Crippen molar-refractivity contribution in [1.29, 1.82) is 0 Å². The molecule has 1 aromatic rings. The quantitative estimate of drug-likeness (QED) is 0.608. The summed E-state index contributed by atoms with van der Waals surface area (Å²) < 4.78 is 0. The van der Waals surface area contributed by atoms with Gasteiger partial charge in [-0.3, -0.25) is 0 Å². The van der Waals surface area contributed by atoms with E-state index in [9.17, 15) is 0 Å². The number of aromatic nitrogens is 2. The van der Waals surface area contributed by atoms with Crippen molar-refractivity contribution in [2.75, 3.05) is 31.7 Å². The number of hydrogen-bond donors (Lipinski definition) is 1. The minimum Gasteiger partial charge on any atom is -0.368 e. The maximum Gasteiger partial charge on any atom is 0.130 e. The Bertz CT molecular complexity index is 315. The molecule has 1 N–H and O–H groups in total. The van der Waals surface area contributed by atoms with Crippen LogP contribution < -0.4 is 5.32 Å². The lowest BCUT2D eigenvalue weighted by atomic mass is 10.4. The van der Waals surface area contributed by atoms with Gasteiger partial charge in [0.15, 0.2) is 0 Å². The molecular weight excluding hydrogens is 220 g/mol. The molecule has 0 spiro atoms. The van der Waals surface area contributed by atoms with Crippen molar-refractivity contribution in [2.24, 2.45) is 0 Å². The Morgan fingerprint density at radius 3 is 2.75 bits per heavy atom. The summed E-state index contributed by atoms with van der Waals surface area (Å²) in [6, 6.07) is 2.40. The minimum absolute atomic E-state index is 0.398. The molecule has 0 aromatic carbocycles. The zero-order valence-electron chi connectivity index (χ0n) is 10.4. The number of thioether (sulfide) groups is 1. The molecule has 0 saturated carbocycles. The fourth-order valence-electron chi connectivity index (χ4n) is 1.13. The van der Waals surface area contributed by atoms with Crippen molar-refractivity contribution < 1.29 is 0 Å². The Labute approximate surface area is 102 Å². The monoisotopic (exact) mass is 240 g/mol. The van der Waals surface area contributed by atoms with Gasteiger partial charge in [0.05, 0.1) is 0 Å². The molecule has 0 aliphatic rings. The van der Waals surface area contributed by atoms with Crippen molar-refractivity contribution in [3.8, 4) is 0 Å². The van der Waals surface area contributed by atoms with Crippen LogP contribution in [0.4, 0.5) is 5.82 Å². The van der Waals surface area contributed by atoms with Crippen LogP contribution in [-0.2, 0) is 0 Å². The molecule has 90 valence electrons. The number of nitrogens with zero attached hydrogens (tertiary/aromatic N) is 3. The fourth-order valence-corrected chi connectivity index (χ4v) is 2.11. The Balaban J connectivity index is 2.47. The van der Waals surface area contributed by atoms with Crippen LogP contribution in [0, 0.1) is 0 Å². The van der Waals surface area contributed by atoms with Crippen LogP contribution in [0.15, 0.2) is 17.4 Å². The molecule has 0 atom stereocenters. The van der Waals surface area contributed by atoms with Crippen molar-refractivity contribution >= 4 is 17.6 Å². The van der Waals surface area contributed by atoms with Gasteiger partial charge in [-0.1, -0.05) is 0 Å². The van der Waals surface area contributed by atoms with Gasteiger partial charge >= 0.3 is 0 Å². The van der Waals surface area contributed by atoms with Crippen LogP contribution in [0.25, 0.3) is 0 Å². The lowest BCUT2D eigenvalue weighted by Gasteiger charge is -2.10. The maximum absolute atomic E-state index is 4.24. The van der Waals surface area contributed by atoms with Crippen molar-refractivity contribution in [3.05, 3.63) is 12.4 Å². The molecule has 0 amide bonds. The average Bonchev–Trinajstić information content (AvgIpc) is 2.16. The predicted octanol–water partition coefficient (Wildman–Crippen LogP) is 1.95. The SMILES string of the molecule is CC(C)Nc1cc(SCCN(C)C)ncn1. The Morgan fingerprint density at radius 1 is 1.38 bits per heavy atom. The molecule has 0 aliphatic carbocycles. The summed E-state index contributed by atoms with van der Waals surface area (Å²) in [6.45, 7) is 5.25. The second kappa shape index (κ2) is 6.70. The summed E-state index contributed by atoms with van der Waals surface area (Å²) in [7, 11) is 4.15. The molecule has 16 heavy (non-hydrogen) atoms. The molecule has 0 saturated heterocycles. The molecule has 0 unspecified atom stereocenters. The van der Waals surface area contributed by atoms with E-state index in [1.807, 2.05) is 6.07 Å². The van der Waals surface area contributed by atoms with Crippen LogP contribution in [0.2, 0.25) is 0 Å². The first kappa shape index (κ1) is 13.3. The zero-order valence-corrected chi connectivity index (χ0v) is 11.2. The highest BCUT2D eigenvalue weighted by molar-refractivity contribution is 7.99. The number of anilines is 1. The molecule has 1 heterocycles. The highest BCUT2D eigenvalue weighted by Crippen LogP contribution is 2.17. The highest BCUT2D eigenvalue weighted by Gasteiger charge is 2.01. The van der Waals surface area contributed by atoms with E-state index in [0.29, 0.717) is 6.04 Å². The van der Waals surface area contributed by atoms with E-state index in [-0.39, 0.29) is 0 Å². The summed E-state index contributed by atoms with van der Waals surface area (Å²) >= 11 is 1.76. The number of rotatable bonds is 6. The Kier molecular flexibility index (Phi) is 5.55. The molecule has 5 heteroatoms. The topological polar surface area (TPSA) is 41.0 Å². The third-order valence-electron chi connectivity index (χ3n) is 1.87. The van der Waals surface area contributed by atoms with Gasteiger partial charge in [-0.25, -0.2) is 9.97 Å². The molecule has 4 nitrogen and oxygen atoms in total. The van der Waals surface area contributed by atoms with E-state index in [1.165, 1.54) is 0 Å². The first-order valence-corrected chi connectivity index (χ1v) is 6.42. The number of hydrogen-bond acceptors (Lipinski definition) is 5. The van der Waals surface area contributed by atoms with Crippen LogP contribution in [-0.4, -0.2) is 47.3 Å². The van der Waals surface area contributed by atoms with E-state index in [0.717, 1.165) is 23.1 Å². The van der Waals surface area contributed by atoms with Crippen LogP contribution in [0.3, 0.4) is 0 Å². The van der Waals surface area contributed by atoms with Gasteiger partial charge in [0.1, 0.15) is 17.2 Å².